The first kappa shape index (κ1) is 28.9. The molecule has 0 N–H and O–H groups in total. The number of hydrogen-bond donors (Lipinski definition) is 0. The monoisotopic (exact) mass is 562 g/mol. The highest BCUT2D eigenvalue weighted by Crippen LogP contribution is 2.52. The first-order valence-corrected chi connectivity index (χ1v) is 15.1. The second-order valence-electron chi connectivity index (χ2n) is 9.80. The van der Waals surface area contributed by atoms with E-state index in [4.69, 9.17) is 8.92 Å². The number of fused-ring (bicyclic) bond motifs is 1. The highest BCUT2D eigenvalue weighted by atomic mass is 32.2. The van der Waals surface area contributed by atoms with Gasteiger partial charge in [0.15, 0.2) is 5.75 Å². The number of hydrogen-bond acceptors (Lipinski definition) is 5. The lowest BCUT2D eigenvalue weighted by Gasteiger charge is -2.29. The zero-order valence-corrected chi connectivity index (χ0v) is 23.9. The topological polar surface area (TPSA) is 69.7 Å². The molecule has 1 aliphatic rings. The lowest BCUT2D eigenvalue weighted by molar-refractivity contribution is -0.140. The maximum atomic E-state index is 13.3. The molecule has 1 aliphatic heterocycles. The quantitative estimate of drug-likeness (QED) is 0.183. The molecule has 3 rings (SSSR count). The van der Waals surface area contributed by atoms with E-state index in [1.54, 1.807) is 13.0 Å². The number of carbonyl (C=O) groups is 1. The molecule has 0 amide bonds. The summed E-state index contributed by atoms with van der Waals surface area (Å²) in [5.74, 6) is -0.998. The van der Waals surface area contributed by atoms with E-state index in [1.807, 2.05) is 33.8 Å². The summed E-state index contributed by atoms with van der Waals surface area (Å²) in [6.45, 7) is 9.50. The van der Waals surface area contributed by atoms with E-state index in [-0.39, 0.29) is 19.3 Å². The Hall–Kier alpha value is -1.69. The van der Waals surface area contributed by atoms with Crippen LogP contribution >= 0.6 is 17.2 Å². The third-order valence-corrected chi connectivity index (χ3v) is 10.1. The van der Waals surface area contributed by atoms with Gasteiger partial charge in [-0.3, -0.25) is 4.79 Å². The molecule has 3 atom stereocenters. The third kappa shape index (κ3) is 6.06. The van der Waals surface area contributed by atoms with Crippen molar-refractivity contribution in [3.8, 4) is 16.9 Å². The van der Waals surface area contributed by atoms with Crippen molar-refractivity contribution in [2.75, 3.05) is 13.3 Å². The highest BCUT2D eigenvalue weighted by Gasteiger charge is 2.49. The summed E-state index contributed by atoms with van der Waals surface area (Å²) in [7, 11) is -4.03. The van der Waals surface area contributed by atoms with E-state index in [1.165, 1.54) is 24.5 Å². The fourth-order valence-electron chi connectivity index (χ4n) is 4.39. The normalized spacial score (nSPS) is 16.2. The van der Waals surface area contributed by atoms with Gasteiger partial charge in [0, 0.05) is 5.56 Å². The Morgan fingerprint density at radius 1 is 1.11 bits per heavy atom. The van der Waals surface area contributed by atoms with Crippen LogP contribution in [-0.2, 0) is 26.1 Å². The number of benzene rings is 2. The van der Waals surface area contributed by atoms with E-state index >= 15 is 0 Å². The standard InChI is InChI=1S/C25H31F3O5P2S/c1-14-9-11-18(33-36(30,31)25(26,27)28)21(20(14)22(23(29)32-6)35-24(3,4)5)17-10-12-19-16(15(17)2)8-7-13-34-19/h9-12,22,34-35H,7-8,13H2,1-6H3. The average Bonchev–Trinajstić information content (AvgIpc) is 2.77. The number of carbonyl (C=O) groups excluding carboxylic acids is 1. The molecular formula is C25H31F3O5P2S. The van der Waals surface area contributed by atoms with Gasteiger partial charge in [-0.05, 0) is 77.2 Å². The van der Waals surface area contributed by atoms with E-state index < -0.39 is 33.0 Å². The third-order valence-electron chi connectivity index (χ3n) is 6.00. The summed E-state index contributed by atoms with van der Waals surface area (Å²) < 4.78 is 73.9. The summed E-state index contributed by atoms with van der Waals surface area (Å²) in [6, 6.07) is 6.46. The molecule has 2 aromatic carbocycles. The predicted molar refractivity (Wildman–Crippen MR) is 141 cm³/mol. The Morgan fingerprint density at radius 3 is 2.36 bits per heavy atom. The van der Waals surface area contributed by atoms with Crippen molar-refractivity contribution < 1.29 is 35.3 Å². The van der Waals surface area contributed by atoms with Crippen molar-refractivity contribution in [2.24, 2.45) is 0 Å². The summed E-state index contributed by atoms with van der Waals surface area (Å²) in [4.78, 5) is 13.0. The number of halogens is 3. The van der Waals surface area contributed by atoms with Gasteiger partial charge in [-0.1, -0.05) is 56.1 Å². The maximum absolute atomic E-state index is 13.3. The number of aryl methyl sites for hydroxylation is 1. The van der Waals surface area contributed by atoms with E-state index in [2.05, 4.69) is 0 Å². The molecule has 3 unspecified atom stereocenters. The molecule has 198 valence electrons. The van der Waals surface area contributed by atoms with Gasteiger partial charge in [-0.2, -0.15) is 21.6 Å². The minimum atomic E-state index is -5.94. The predicted octanol–water partition coefficient (Wildman–Crippen LogP) is 6.14. The SMILES string of the molecule is COC(=O)C(PC(C)(C)C)c1c(C)ccc(OS(=O)(=O)C(F)(F)F)c1-c1ccc2c(c1C)CCCP2. The van der Waals surface area contributed by atoms with Gasteiger partial charge in [0.25, 0.3) is 0 Å². The number of rotatable bonds is 6. The zero-order valence-electron chi connectivity index (χ0n) is 21.1. The Bertz CT molecular complexity index is 1270. The molecule has 0 spiro atoms. The number of esters is 1. The Kier molecular flexibility index (Phi) is 8.49. The number of alkyl halides is 3. The Balaban J connectivity index is 2.39. The molecule has 0 saturated heterocycles. The number of methoxy groups -OCH3 is 1. The van der Waals surface area contributed by atoms with Crippen molar-refractivity contribution in [2.45, 2.75) is 63.8 Å². The minimum Gasteiger partial charge on any atom is -0.468 e. The first-order valence-electron chi connectivity index (χ1n) is 11.4. The van der Waals surface area contributed by atoms with E-state index in [0.29, 0.717) is 25.3 Å². The molecule has 0 bridgehead atoms. The van der Waals surface area contributed by atoms with Crippen molar-refractivity contribution in [1.82, 2.24) is 0 Å². The van der Waals surface area contributed by atoms with Gasteiger partial charge in [-0.25, -0.2) is 0 Å². The van der Waals surface area contributed by atoms with Gasteiger partial charge in [0.2, 0.25) is 0 Å². The summed E-state index contributed by atoms with van der Waals surface area (Å²) in [6.07, 6.45) is 2.90. The summed E-state index contributed by atoms with van der Waals surface area (Å²) in [5.41, 5.74) is -2.66. The van der Waals surface area contributed by atoms with Crippen LogP contribution in [-0.4, -0.2) is 38.3 Å². The molecule has 0 fully saturated rings. The van der Waals surface area contributed by atoms with Crippen LogP contribution in [0, 0.1) is 13.8 Å². The van der Waals surface area contributed by atoms with Crippen LogP contribution in [0.2, 0.25) is 0 Å². The molecule has 0 radical (unpaired) electrons. The molecular weight excluding hydrogens is 531 g/mol. The zero-order chi connectivity index (χ0) is 27.1. The molecule has 1 heterocycles. The highest BCUT2D eigenvalue weighted by molar-refractivity contribution is 7.88. The van der Waals surface area contributed by atoms with Gasteiger partial charge in [0.1, 0.15) is 5.66 Å². The second-order valence-corrected chi connectivity index (χ2v) is 15.1. The van der Waals surface area contributed by atoms with Crippen LogP contribution in [0.15, 0.2) is 24.3 Å². The fraction of sp³-hybridized carbons (Fsp3) is 0.480. The Labute approximate surface area is 214 Å². The molecule has 0 saturated carbocycles. The largest absolute Gasteiger partial charge is 0.534 e. The average molecular weight is 563 g/mol. The van der Waals surface area contributed by atoms with Gasteiger partial charge in [0.05, 0.1) is 7.11 Å². The first-order chi connectivity index (χ1) is 16.6. The smallest absolute Gasteiger partial charge is 0.468 e. The van der Waals surface area contributed by atoms with Crippen molar-refractivity contribution in [3.05, 3.63) is 46.5 Å². The Morgan fingerprint density at radius 2 is 1.78 bits per heavy atom. The van der Waals surface area contributed by atoms with E-state index in [0.717, 1.165) is 30.1 Å². The van der Waals surface area contributed by atoms with Gasteiger partial charge >= 0.3 is 21.6 Å². The molecule has 36 heavy (non-hydrogen) atoms. The van der Waals surface area contributed by atoms with Crippen LogP contribution in [0.3, 0.4) is 0 Å². The molecule has 2 aromatic rings. The molecule has 0 aromatic heterocycles. The van der Waals surface area contributed by atoms with Crippen LogP contribution in [0.25, 0.3) is 11.1 Å². The molecule has 5 nitrogen and oxygen atoms in total. The summed E-state index contributed by atoms with van der Waals surface area (Å²) >= 11 is 0. The minimum absolute atomic E-state index is 0.0113. The molecule has 0 aliphatic carbocycles. The van der Waals surface area contributed by atoms with Gasteiger partial charge in [-0.15, -0.1) is 0 Å². The van der Waals surface area contributed by atoms with Crippen molar-refractivity contribution >= 4 is 38.6 Å². The van der Waals surface area contributed by atoms with Crippen molar-refractivity contribution in [3.63, 3.8) is 0 Å². The molecule has 11 heteroatoms. The van der Waals surface area contributed by atoms with Crippen LogP contribution in [0.5, 0.6) is 5.75 Å². The van der Waals surface area contributed by atoms with Crippen LogP contribution in [0.4, 0.5) is 13.2 Å². The lowest BCUT2D eigenvalue weighted by atomic mass is 9.88. The van der Waals surface area contributed by atoms with Gasteiger partial charge < -0.3 is 8.92 Å². The van der Waals surface area contributed by atoms with Crippen LogP contribution in [0.1, 0.15) is 55.1 Å². The van der Waals surface area contributed by atoms with Crippen LogP contribution < -0.4 is 9.49 Å². The maximum Gasteiger partial charge on any atom is 0.534 e. The number of ether oxygens (including phenoxy) is 1. The van der Waals surface area contributed by atoms with E-state index in [9.17, 15) is 26.4 Å². The van der Waals surface area contributed by atoms with Crippen molar-refractivity contribution in [1.29, 1.82) is 0 Å². The summed E-state index contributed by atoms with van der Waals surface area (Å²) in [5, 5.41) is 0.881. The second kappa shape index (κ2) is 10.6. The lowest BCUT2D eigenvalue weighted by Crippen LogP contribution is -2.28. The fourth-order valence-corrected chi connectivity index (χ4v) is 7.83.